The highest BCUT2D eigenvalue weighted by Gasteiger charge is 2.12. The summed E-state index contributed by atoms with van der Waals surface area (Å²) >= 11 is 0. The third-order valence-corrected chi connectivity index (χ3v) is 3.03. The largest absolute Gasteiger partial charge is 0.365 e. The summed E-state index contributed by atoms with van der Waals surface area (Å²) in [6.07, 6.45) is 1.62. The van der Waals surface area contributed by atoms with Crippen LogP contribution in [0.25, 0.3) is 10.9 Å². The lowest BCUT2D eigenvalue weighted by molar-refractivity contribution is 0.100. The second-order valence-corrected chi connectivity index (χ2v) is 4.40. The van der Waals surface area contributed by atoms with Gasteiger partial charge in [-0.25, -0.2) is 4.98 Å². The Bertz CT molecular complexity index is 830. The Hall–Kier alpha value is -3.02. The number of carbonyl (C=O) groups is 1. The fourth-order valence-corrected chi connectivity index (χ4v) is 2.06. The summed E-state index contributed by atoms with van der Waals surface area (Å²) < 4.78 is 13.3. The Balaban J connectivity index is 2.11. The first-order valence-corrected chi connectivity index (χ1v) is 6.22. The molecule has 3 aromatic rings. The van der Waals surface area contributed by atoms with Crippen LogP contribution in [0.3, 0.4) is 0 Å². The van der Waals surface area contributed by atoms with Crippen molar-refractivity contribution in [3.63, 3.8) is 0 Å². The number of nitrogens with zero attached hydrogens (tertiary/aromatic N) is 2. The van der Waals surface area contributed by atoms with Crippen molar-refractivity contribution in [1.82, 2.24) is 9.97 Å². The van der Waals surface area contributed by atoms with Gasteiger partial charge in [-0.3, -0.25) is 9.78 Å². The van der Waals surface area contributed by atoms with Crippen molar-refractivity contribution in [2.24, 2.45) is 5.73 Å². The highest BCUT2D eigenvalue weighted by atomic mass is 19.1. The third kappa shape index (κ3) is 2.51. The molecule has 5 nitrogen and oxygen atoms in total. The molecular weight excluding hydrogens is 271 g/mol. The van der Waals surface area contributed by atoms with Crippen LogP contribution in [-0.2, 0) is 0 Å². The van der Waals surface area contributed by atoms with Crippen molar-refractivity contribution in [3.8, 4) is 0 Å². The van der Waals surface area contributed by atoms with Crippen molar-refractivity contribution in [2.75, 3.05) is 5.32 Å². The summed E-state index contributed by atoms with van der Waals surface area (Å²) in [7, 11) is 0. The second-order valence-electron chi connectivity index (χ2n) is 4.40. The maximum absolute atomic E-state index is 13.3. The molecule has 3 N–H and O–H groups in total. The zero-order valence-corrected chi connectivity index (χ0v) is 10.9. The van der Waals surface area contributed by atoms with Gasteiger partial charge in [-0.15, -0.1) is 0 Å². The van der Waals surface area contributed by atoms with Crippen molar-refractivity contribution >= 4 is 28.3 Å². The molecule has 1 amide bonds. The number of hydrogen-bond donors (Lipinski definition) is 2. The molecule has 3 rings (SSSR count). The number of rotatable bonds is 3. The number of amides is 1. The first-order chi connectivity index (χ1) is 10.1. The van der Waals surface area contributed by atoms with E-state index < -0.39 is 11.9 Å². The van der Waals surface area contributed by atoms with Crippen LogP contribution in [0.15, 0.2) is 48.7 Å². The Morgan fingerprint density at radius 3 is 2.76 bits per heavy atom. The summed E-state index contributed by atoms with van der Waals surface area (Å²) in [5.74, 6) is -1.29. The molecular formula is C15H11FN4O. The lowest BCUT2D eigenvalue weighted by Crippen LogP contribution is -2.14. The zero-order valence-electron chi connectivity index (χ0n) is 10.9. The second kappa shape index (κ2) is 5.16. The third-order valence-electron chi connectivity index (χ3n) is 3.03. The minimum Gasteiger partial charge on any atom is -0.365 e. The minimum atomic E-state index is -0.694. The van der Waals surface area contributed by atoms with Gasteiger partial charge in [0.05, 0.1) is 16.8 Å². The fraction of sp³-hybridized carbons (Fsp3) is 0. The summed E-state index contributed by atoms with van der Waals surface area (Å²) in [6.45, 7) is 0. The number of nitrogens with one attached hydrogen (secondary N) is 1. The van der Waals surface area contributed by atoms with E-state index in [1.165, 1.54) is 6.07 Å². The van der Waals surface area contributed by atoms with Crippen molar-refractivity contribution in [2.45, 2.75) is 0 Å². The van der Waals surface area contributed by atoms with E-state index >= 15 is 0 Å². The first kappa shape index (κ1) is 13.0. The SMILES string of the molecule is NC(=O)c1ccc(F)nc1Nc1ccnc2ccccc12. The molecule has 0 radical (unpaired) electrons. The van der Waals surface area contributed by atoms with Crippen LogP contribution in [0.5, 0.6) is 0 Å². The Labute approximate surface area is 119 Å². The maximum atomic E-state index is 13.3. The predicted molar refractivity (Wildman–Crippen MR) is 77.7 cm³/mol. The van der Waals surface area contributed by atoms with E-state index in [2.05, 4.69) is 15.3 Å². The molecule has 0 aliphatic carbocycles. The number of anilines is 2. The number of para-hydroxylation sites is 1. The van der Waals surface area contributed by atoms with Gasteiger partial charge < -0.3 is 11.1 Å². The van der Waals surface area contributed by atoms with Crippen LogP contribution in [0.1, 0.15) is 10.4 Å². The van der Waals surface area contributed by atoms with Gasteiger partial charge in [0.1, 0.15) is 5.82 Å². The standard InChI is InChI=1S/C15H11FN4O/c16-13-6-5-10(14(17)21)15(20-13)19-12-7-8-18-11-4-2-1-3-9(11)12/h1-8H,(H2,17,21)(H,18,19,20). The lowest BCUT2D eigenvalue weighted by Gasteiger charge is -2.11. The molecule has 104 valence electrons. The average molecular weight is 282 g/mol. The number of carbonyl (C=O) groups excluding carboxylic acids is 1. The average Bonchev–Trinajstić information content (AvgIpc) is 2.47. The molecule has 0 spiro atoms. The van der Waals surface area contributed by atoms with Crippen LogP contribution >= 0.6 is 0 Å². The Kier molecular flexibility index (Phi) is 3.19. The van der Waals surface area contributed by atoms with Crippen molar-refractivity contribution < 1.29 is 9.18 Å². The van der Waals surface area contributed by atoms with Gasteiger partial charge in [-0.2, -0.15) is 4.39 Å². The first-order valence-electron chi connectivity index (χ1n) is 6.22. The molecule has 2 heterocycles. The number of nitrogens with two attached hydrogens (primary N) is 1. The molecule has 0 fully saturated rings. The maximum Gasteiger partial charge on any atom is 0.252 e. The summed E-state index contributed by atoms with van der Waals surface area (Å²) in [5, 5.41) is 3.78. The molecule has 0 saturated heterocycles. The van der Waals surface area contributed by atoms with Crippen LogP contribution in [0.2, 0.25) is 0 Å². The van der Waals surface area contributed by atoms with E-state index in [9.17, 15) is 9.18 Å². The summed E-state index contributed by atoms with van der Waals surface area (Å²) in [6, 6.07) is 11.6. The fourth-order valence-electron chi connectivity index (χ4n) is 2.06. The lowest BCUT2D eigenvalue weighted by atomic mass is 10.1. The van der Waals surface area contributed by atoms with Gasteiger partial charge in [0.2, 0.25) is 5.95 Å². The molecule has 0 aliphatic rings. The van der Waals surface area contributed by atoms with Gasteiger partial charge in [0.15, 0.2) is 0 Å². The van der Waals surface area contributed by atoms with Gasteiger partial charge in [0, 0.05) is 11.6 Å². The number of fused-ring (bicyclic) bond motifs is 1. The molecule has 21 heavy (non-hydrogen) atoms. The molecule has 0 saturated carbocycles. The number of aromatic nitrogens is 2. The summed E-state index contributed by atoms with van der Waals surface area (Å²) in [5.41, 5.74) is 6.84. The van der Waals surface area contributed by atoms with Crippen LogP contribution in [0, 0.1) is 5.95 Å². The van der Waals surface area contributed by atoms with Crippen LogP contribution in [-0.4, -0.2) is 15.9 Å². The smallest absolute Gasteiger partial charge is 0.252 e. The highest BCUT2D eigenvalue weighted by molar-refractivity contribution is 6.00. The van der Waals surface area contributed by atoms with Crippen LogP contribution < -0.4 is 11.1 Å². The van der Waals surface area contributed by atoms with Crippen molar-refractivity contribution in [3.05, 3.63) is 60.2 Å². The normalized spacial score (nSPS) is 10.5. The molecule has 6 heteroatoms. The Morgan fingerprint density at radius 2 is 1.95 bits per heavy atom. The number of pyridine rings is 2. The Morgan fingerprint density at radius 1 is 1.14 bits per heavy atom. The molecule has 0 aliphatic heterocycles. The number of halogens is 1. The molecule has 1 aromatic carbocycles. The quantitative estimate of drug-likeness (QED) is 0.723. The minimum absolute atomic E-state index is 0.0823. The number of primary amides is 1. The number of benzene rings is 1. The number of hydrogen-bond acceptors (Lipinski definition) is 4. The van der Waals surface area contributed by atoms with E-state index in [0.29, 0.717) is 5.69 Å². The van der Waals surface area contributed by atoms with Gasteiger partial charge in [-0.05, 0) is 24.3 Å². The van der Waals surface area contributed by atoms with Crippen LogP contribution in [0.4, 0.5) is 15.9 Å². The van der Waals surface area contributed by atoms with E-state index in [4.69, 9.17) is 5.73 Å². The monoisotopic (exact) mass is 282 g/mol. The highest BCUT2D eigenvalue weighted by Crippen LogP contribution is 2.25. The molecule has 0 bridgehead atoms. The van der Waals surface area contributed by atoms with Gasteiger partial charge in [-0.1, -0.05) is 18.2 Å². The van der Waals surface area contributed by atoms with E-state index in [1.807, 2.05) is 24.3 Å². The van der Waals surface area contributed by atoms with E-state index in [1.54, 1.807) is 12.3 Å². The topological polar surface area (TPSA) is 80.9 Å². The van der Waals surface area contributed by atoms with Crippen molar-refractivity contribution in [1.29, 1.82) is 0 Å². The van der Waals surface area contributed by atoms with Gasteiger partial charge >= 0.3 is 0 Å². The molecule has 0 unspecified atom stereocenters. The molecule has 0 atom stereocenters. The van der Waals surface area contributed by atoms with E-state index in [0.717, 1.165) is 17.0 Å². The van der Waals surface area contributed by atoms with E-state index in [-0.39, 0.29) is 11.4 Å². The predicted octanol–water partition coefficient (Wildman–Crippen LogP) is 2.61. The van der Waals surface area contributed by atoms with Gasteiger partial charge in [0.25, 0.3) is 5.91 Å². The molecule has 2 aromatic heterocycles. The zero-order chi connectivity index (χ0) is 14.8. The summed E-state index contributed by atoms with van der Waals surface area (Å²) in [4.78, 5) is 19.3.